The van der Waals surface area contributed by atoms with Gasteiger partial charge < -0.3 is 18.9 Å². The van der Waals surface area contributed by atoms with Gasteiger partial charge in [0.2, 0.25) is 5.90 Å². The van der Waals surface area contributed by atoms with E-state index in [0.29, 0.717) is 35.7 Å². The number of benzene rings is 3. The van der Waals surface area contributed by atoms with Crippen LogP contribution >= 0.6 is 0 Å². The number of ether oxygens (including phenoxy) is 4. The number of rotatable bonds is 8. The van der Waals surface area contributed by atoms with E-state index >= 15 is 0 Å². The van der Waals surface area contributed by atoms with Gasteiger partial charge >= 0.3 is 11.9 Å². The Hall–Kier alpha value is -4.39. The number of aliphatic imine (C=N–C) groups is 1. The second-order valence-electron chi connectivity index (χ2n) is 7.19. The number of hydrogen-bond donors (Lipinski definition) is 0. The van der Waals surface area contributed by atoms with Gasteiger partial charge in [-0.15, -0.1) is 0 Å². The maximum Gasteiger partial charge on any atom is 0.363 e. The zero-order valence-corrected chi connectivity index (χ0v) is 18.8. The van der Waals surface area contributed by atoms with Crippen molar-refractivity contribution in [3.05, 3.63) is 95.2 Å². The van der Waals surface area contributed by atoms with Crippen LogP contribution in [0.4, 0.5) is 0 Å². The van der Waals surface area contributed by atoms with Crippen LogP contribution in [-0.4, -0.2) is 31.1 Å². The minimum Gasteiger partial charge on any atom is -0.494 e. The zero-order valence-electron chi connectivity index (χ0n) is 18.8. The first-order chi connectivity index (χ1) is 16.6. The monoisotopic (exact) mass is 457 g/mol. The van der Waals surface area contributed by atoms with Gasteiger partial charge in [0.15, 0.2) is 17.2 Å². The van der Waals surface area contributed by atoms with Crippen molar-refractivity contribution in [1.82, 2.24) is 0 Å². The Morgan fingerprint density at radius 2 is 1.65 bits per heavy atom. The fourth-order valence-electron chi connectivity index (χ4n) is 3.25. The molecule has 3 aromatic rings. The van der Waals surface area contributed by atoms with E-state index in [0.717, 1.165) is 5.75 Å². The summed E-state index contributed by atoms with van der Waals surface area (Å²) in [5.74, 6) is 0.563. The van der Waals surface area contributed by atoms with E-state index in [2.05, 4.69) is 4.99 Å². The van der Waals surface area contributed by atoms with E-state index in [4.69, 9.17) is 18.9 Å². The summed E-state index contributed by atoms with van der Waals surface area (Å²) in [6.07, 6.45) is 1.59. The lowest BCUT2D eigenvalue weighted by Gasteiger charge is -2.11. The molecule has 0 spiro atoms. The molecule has 172 valence electrons. The van der Waals surface area contributed by atoms with Crippen LogP contribution in [0.2, 0.25) is 0 Å². The van der Waals surface area contributed by atoms with E-state index in [1.165, 1.54) is 0 Å². The van der Waals surface area contributed by atoms with Crippen LogP contribution in [0.5, 0.6) is 17.2 Å². The van der Waals surface area contributed by atoms with E-state index in [-0.39, 0.29) is 17.3 Å². The van der Waals surface area contributed by atoms with Gasteiger partial charge in [0.1, 0.15) is 5.75 Å². The van der Waals surface area contributed by atoms with Crippen molar-refractivity contribution in [1.29, 1.82) is 0 Å². The summed E-state index contributed by atoms with van der Waals surface area (Å²) < 4.78 is 21.9. The van der Waals surface area contributed by atoms with Gasteiger partial charge in [0.25, 0.3) is 0 Å². The molecule has 0 radical (unpaired) electrons. The topological polar surface area (TPSA) is 83.4 Å². The van der Waals surface area contributed by atoms with Crippen LogP contribution in [0.25, 0.3) is 6.08 Å². The second-order valence-corrected chi connectivity index (χ2v) is 7.19. The van der Waals surface area contributed by atoms with Crippen molar-refractivity contribution >= 4 is 23.9 Å². The number of nitrogens with zero attached hydrogens (tertiary/aromatic N) is 1. The van der Waals surface area contributed by atoms with Gasteiger partial charge in [-0.2, -0.15) is 0 Å². The molecule has 0 fully saturated rings. The first-order valence-electron chi connectivity index (χ1n) is 10.9. The van der Waals surface area contributed by atoms with E-state index in [9.17, 15) is 9.59 Å². The lowest BCUT2D eigenvalue weighted by molar-refractivity contribution is -0.129. The summed E-state index contributed by atoms with van der Waals surface area (Å²) in [6, 6.07) is 20.9. The lowest BCUT2D eigenvalue weighted by Crippen LogP contribution is -2.09. The highest BCUT2D eigenvalue weighted by Crippen LogP contribution is 2.31. The Kier molecular flexibility index (Phi) is 7.03. The van der Waals surface area contributed by atoms with Crippen LogP contribution < -0.4 is 14.2 Å². The fraction of sp³-hybridized carbons (Fsp3) is 0.148. The van der Waals surface area contributed by atoms with Gasteiger partial charge in [-0.3, -0.25) is 0 Å². The maximum absolute atomic E-state index is 12.4. The highest BCUT2D eigenvalue weighted by molar-refractivity contribution is 6.12. The Balaban J connectivity index is 1.56. The molecule has 1 aliphatic rings. The third kappa shape index (κ3) is 5.32. The van der Waals surface area contributed by atoms with Crippen LogP contribution in [0.3, 0.4) is 0 Å². The molecular weight excluding hydrogens is 434 g/mol. The van der Waals surface area contributed by atoms with Crippen LogP contribution in [0.15, 0.2) is 83.5 Å². The molecule has 0 aliphatic carbocycles. The Morgan fingerprint density at radius 3 is 2.35 bits per heavy atom. The largest absolute Gasteiger partial charge is 0.494 e. The molecule has 0 unspecified atom stereocenters. The molecule has 0 atom stereocenters. The average molecular weight is 457 g/mol. The first-order valence-corrected chi connectivity index (χ1v) is 10.9. The highest BCUT2D eigenvalue weighted by atomic mass is 16.6. The molecule has 7 heteroatoms. The van der Waals surface area contributed by atoms with Gasteiger partial charge in [0.05, 0.1) is 18.8 Å². The van der Waals surface area contributed by atoms with Crippen molar-refractivity contribution < 1.29 is 28.5 Å². The second kappa shape index (κ2) is 10.5. The maximum atomic E-state index is 12.4. The Labute approximate surface area is 197 Å². The van der Waals surface area contributed by atoms with Crippen molar-refractivity contribution in [3.63, 3.8) is 0 Å². The number of cyclic esters (lactones) is 1. The molecule has 0 aromatic heterocycles. The molecule has 0 saturated carbocycles. The van der Waals surface area contributed by atoms with Gasteiger partial charge in [-0.1, -0.05) is 24.3 Å². The smallest absolute Gasteiger partial charge is 0.363 e. The number of esters is 2. The predicted octanol–water partition coefficient (Wildman–Crippen LogP) is 5.05. The third-order valence-corrected chi connectivity index (χ3v) is 4.82. The fourth-order valence-corrected chi connectivity index (χ4v) is 3.25. The molecule has 1 heterocycles. The summed E-state index contributed by atoms with van der Waals surface area (Å²) in [5.41, 5.74) is 1.89. The molecule has 0 bridgehead atoms. The first kappa shape index (κ1) is 22.8. The Morgan fingerprint density at radius 1 is 0.912 bits per heavy atom. The van der Waals surface area contributed by atoms with Crippen LogP contribution in [-0.2, 0) is 9.53 Å². The van der Waals surface area contributed by atoms with Gasteiger partial charge in [-0.25, -0.2) is 14.6 Å². The van der Waals surface area contributed by atoms with E-state index < -0.39 is 11.9 Å². The molecule has 1 aliphatic heterocycles. The Bertz CT molecular complexity index is 1250. The molecule has 0 N–H and O–H groups in total. The summed E-state index contributed by atoms with van der Waals surface area (Å²) in [7, 11) is 0. The zero-order chi connectivity index (χ0) is 23.9. The summed E-state index contributed by atoms with van der Waals surface area (Å²) >= 11 is 0. The minimum absolute atomic E-state index is 0.153. The van der Waals surface area contributed by atoms with E-state index in [1.54, 1.807) is 72.8 Å². The predicted molar refractivity (Wildman–Crippen MR) is 127 cm³/mol. The van der Waals surface area contributed by atoms with Crippen molar-refractivity contribution in [2.24, 2.45) is 4.99 Å². The van der Waals surface area contributed by atoms with Crippen molar-refractivity contribution in [2.45, 2.75) is 13.8 Å². The standard InChI is InChI=1S/C27H23NO6/c1-3-31-21-13-11-19(12-14-21)25-28-22(27(30)34-25)16-18-10-15-23(24(17-18)32-4-2)33-26(29)20-8-6-5-7-9-20/h5-17H,3-4H2,1-2H3/b22-16-. The van der Waals surface area contributed by atoms with E-state index in [1.807, 2.05) is 19.9 Å². The summed E-state index contributed by atoms with van der Waals surface area (Å²) in [4.78, 5) is 29.1. The number of carbonyl (C=O) groups excluding carboxylic acids is 2. The minimum atomic E-state index is -0.554. The van der Waals surface area contributed by atoms with Crippen molar-refractivity contribution in [2.75, 3.05) is 13.2 Å². The molecule has 4 rings (SSSR count). The molecular formula is C27H23NO6. The average Bonchev–Trinajstić information content (AvgIpc) is 3.22. The summed E-state index contributed by atoms with van der Waals surface area (Å²) in [5, 5.41) is 0. The molecule has 0 amide bonds. The summed E-state index contributed by atoms with van der Waals surface area (Å²) in [6.45, 7) is 4.67. The van der Waals surface area contributed by atoms with Crippen LogP contribution in [0, 0.1) is 0 Å². The normalized spacial score (nSPS) is 13.9. The van der Waals surface area contributed by atoms with Gasteiger partial charge in [-0.05, 0) is 74.0 Å². The lowest BCUT2D eigenvalue weighted by atomic mass is 10.1. The quantitative estimate of drug-likeness (QED) is 0.268. The van der Waals surface area contributed by atoms with Crippen LogP contribution in [0.1, 0.15) is 35.3 Å². The third-order valence-electron chi connectivity index (χ3n) is 4.82. The molecule has 34 heavy (non-hydrogen) atoms. The number of hydrogen-bond acceptors (Lipinski definition) is 7. The molecule has 7 nitrogen and oxygen atoms in total. The number of carbonyl (C=O) groups is 2. The molecule has 0 saturated heterocycles. The highest BCUT2D eigenvalue weighted by Gasteiger charge is 2.24. The van der Waals surface area contributed by atoms with Gasteiger partial charge in [0, 0.05) is 5.56 Å². The SMILES string of the molecule is CCOc1ccc(C2=N/C(=C\c3ccc(OC(=O)c4ccccc4)c(OCC)c3)C(=O)O2)cc1. The van der Waals surface area contributed by atoms with Crippen molar-refractivity contribution in [3.8, 4) is 17.2 Å². The molecule has 3 aromatic carbocycles.